The molecule has 3 N–H and O–H groups in total. The van der Waals surface area contributed by atoms with Crippen LogP contribution in [-0.2, 0) is 7.05 Å². The second-order valence-electron chi connectivity index (χ2n) is 6.86. The summed E-state index contributed by atoms with van der Waals surface area (Å²) in [5.74, 6) is 1.34. The topological polar surface area (TPSA) is 109 Å². The Labute approximate surface area is 150 Å². The standard InChI is InChI=1S/C18H21N5O3/c1-10-3-4-16(26-10)14-7-15(22-21-14)18(25)20-17(11-5-13(24)6-11)12-8-19-23(2)9-12/h3-4,7-9,11,13,17,24H,5-6H2,1-2H3,(H,20,25)(H,21,22). The van der Waals surface area contributed by atoms with Crippen molar-refractivity contribution in [1.29, 1.82) is 0 Å². The Morgan fingerprint density at radius 3 is 2.88 bits per heavy atom. The average molecular weight is 355 g/mol. The van der Waals surface area contributed by atoms with E-state index in [9.17, 15) is 9.90 Å². The molecular formula is C18H21N5O3. The molecule has 0 aliphatic heterocycles. The number of hydrogen-bond acceptors (Lipinski definition) is 5. The Balaban J connectivity index is 1.52. The van der Waals surface area contributed by atoms with E-state index in [-0.39, 0.29) is 24.0 Å². The third-order valence-corrected chi connectivity index (χ3v) is 4.81. The zero-order valence-corrected chi connectivity index (χ0v) is 14.6. The highest BCUT2D eigenvalue weighted by Crippen LogP contribution is 2.38. The Hall–Kier alpha value is -2.87. The molecule has 0 radical (unpaired) electrons. The highest BCUT2D eigenvalue weighted by molar-refractivity contribution is 5.93. The number of aliphatic hydroxyl groups excluding tert-OH is 1. The van der Waals surface area contributed by atoms with E-state index in [0.29, 0.717) is 30.0 Å². The first-order valence-electron chi connectivity index (χ1n) is 8.59. The zero-order chi connectivity index (χ0) is 18.3. The van der Waals surface area contributed by atoms with Crippen LogP contribution in [0.4, 0.5) is 0 Å². The van der Waals surface area contributed by atoms with E-state index in [1.54, 1.807) is 16.9 Å². The smallest absolute Gasteiger partial charge is 0.272 e. The number of hydrogen-bond donors (Lipinski definition) is 3. The van der Waals surface area contributed by atoms with Gasteiger partial charge >= 0.3 is 0 Å². The van der Waals surface area contributed by atoms with Gasteiger partial charge in [0.05, 0.1) is 18.3 Å². The predicted molar refractivity (Wildman–Crippen MR) is 93.2 cm³/mol. The van der Waals surface area contributed by atoms with Gasteiger partial charge in [-0.05, 0) is 37.8 Å². The Morgan fingerprint density at radius 2 is 2.27 bits per heavy atom. The summed E-state index contributed by atoms with van der Waals surface area (Å²) in [4.78, 5) is 12.7. The second-order valence-corrected chi connectivity index (χ2v) is 6.86. The first-order valence-corrected chi connectivity index (χ1v) is 8.59. The lowest BCUT2D eigenvalue weighted by atomic mass is 9.75. The lowest BCUT2D eigenvalue weighted by Gasteiger charge is -2.37. The van der Waals surface area contributed by atoms with Crippen LogP contribution in [0, 0.1) is 12.8 Å². The van der Waals surface area contributed by atoms with Crippen molar-refractivity contribution in [1.82, 2.24) is 25.3 Å². The van der Waals surface area contributed by atoms with Crippen molar-refractivity contribution < 1.29 is 14.3 Å². The van der Waals surface area contributed by atoms with Crippen molar-refractivity contribution in [2.24, 2.45) is 13.0 Å². The third-order valence-electron chi connectivity index (χ3n) is 4.81. The van der Waals surface area contributed by atoms with Crippen molar-refractivity contribution in [3.05, 3.63) is 47.6 Å². The van der Waals surface area contributed by atoms with Gasteiger partial charge in [0, 0.05) is 24.9 Å². The number of aliphatic hydroxyl groups is 1. The Kier molecular flexibility index (Phi) is 4.12. The van der Waals surface area contributed by atoms with E-state index >= 15 is 0 Å². The molecule has 3 aromatic heterocycles. The van der Waals surface area contributed by atoms with E-state index < -0.39 is 0 Å². The number of H-pyrrole nitrogens is 1. The SMILES string of the molecule is Cc1ccc(-c2cc(C(=O)NC(c3cnn(C)c3)C3CC(O)C3)n[nH]2)o1. The Bertz CT molecular complexity index is 919. The first kappa shape index (κ1) is 16.6. The van der Waals surface area contributed by atoms with Gasteiger partial charge < -0.3 is 14.8 Å². The molecule has 4 rings (SSSR count). The van der Waals surface area contributed by atoms with Crippen LogP contribution in [0.25, 0.3) is 11.5 Å². The summed E-state index contributed by atoms with van der Waals surface area (Å²) in [5.41, 5.74) is 1.87. The van der Waals surface area contributed by atoms with Crippen molar-refractivity contribution in [2.75, 3.05) is 0 Å². The molecule has 1 fully saturated rings. The van der Waals surface area contributed by atoms with Gasteiger partial charge in [0.1, 0.15) is 11.5 Å². The molecule has 1 aliphatic carbocycles. The van der Waals surface area contributed by atoms with Crippen molar-refractivity contribution >= 4 is 5.91 Å². The van der Waals surface area contributed by atoms with Crippen molar-refractivity contribution in [3.63, 3.8) is 0 Å². The highest BCUT2D eigenvalue weighted by Gasteiger charge is 2.36. The third kappa shape index (κ3) is 3.15. The van der Waals surface area contributed by atoms with Crippen LogP contribution >= 0.6 is 0 Å². The molecule has 136 valence electrons. The minimum Gasteiger partial charge on any atom is -0.460 e. The summed E-state index contributed by atoms with van der Waals surface area (Å²) >= 11 is 0. The first-order chi connectivity index (χ1) is 12.5. The van der Waals surface area contributed by atoms with Gasteiger partial charge in [-0.25, -0.2) is 0 Å². The van der Waals surface area contributed by atoms with E-state index in [2.05, 4.69) is 20.6 Å². The van der Waals surface area contributed by atoms with Gasteiger partial charge in [-0.2, -0.15) is 10.2 Å². The lowest BCUT2D eigenvalue weighted by Crippen LogP contribution is -2.41. The molecular weight excluding hydrogens is 334 g/mol. The average Bonchev–Trinajstić information content (AvgIpc) is 3.30. The fourth-order valence-corrected chi connectivity index (χ4v) is 3.33. The highest BCUT2D eigenvalue weighted by atomic mass is 16.3. The molecule has 3 aromatic rings. The second kappa shape index (κ2) is 6.45. The minimum absolute atomic E-state index is 0.185. The Morgan fingerprint density at radius 1 is 1.46 bits per heavy atom. The minimum atomic E-state index is -0.296. The molecule has 0 aromatic carbocycles. The van der Waals surface area contributed by atoms with E-state index in [1.807, 2.05) is 32.3 Å². The molecule has 0 bridgehead atoms. The molecule has 0 spiro atoms. The maximum Gasteiger partial charge on any atom is 0.272 e. The number of aromatic nitrogens is 4. The van der Waals surface area contributed by atoms with E-state index in [4.69, 9.17) is 4.42 Å². The summed E-state index contributed by atoms with van der Waals surface area (Å²) in [5, 5.41) is 23.8. The molecule has 0 saturated heterocycles. The number of aryl methyl sites for hydroxylation is 2. The van der Waals surface area contributed by atoms with Crippen LogP contribution in [0.15, 0.2) is 35.0 Å². The van der Waals surface area contributed by atoms with E-state index in [1.165, 1.54) is 0 Å². The quantitative estimate of drug-likeness (QED) is 0.648. The normalized spacial score (nSPS) is 20.6. The van der Waals surface area contributed by atoms with Gasteiger partial charge in [0.2, 0.25) is 0 Å². The predicted octanol–water partition coefficient (Wildman–Crippen LogP) is 1.95. The van der Waals surface area contributed by atoms with Crippen molar-refractivity contribution in [3.8, 4) is 11.5 Å². The van der Waals surface area contributed by atoms with E-state index in [0.717, 1.165) is 11.3 Å². The molecule has 8 heteroatoms. The van der Waals surface area contributed by atoms with Crippen LogP contribution in [0.2, 0.25) is 0 Å². The summed E-state index contributed by atoms with van der Waals surface area (Å²) < 4.78 is 7.25. The number of furan rings is 1. The lowest BCUT2D eigenvalue weighted by molar-refractivity contribution is 0.0234. The molecule has 1 saturated carbocycles. The number of nitrogens with zero attached hydrogens (tertiary/aromatic N) is 3. The number of rotatable bonds is 5. The number of amides is 1. The number of carbonyl (C=O) groups is 1. The van der Waals surface area contributed by atoms with Crippen LogP contribution in [0.3, 0.4) is 0 Å². The molecule has 1 unspecified atom stereocenters. The summed E-state index contributed by atoms with van der Waals surface area (Å²) in [6.07, 6.45) is 4.67. The van der Waals surface area contributed by atoms with Gasteiger partial charge in [0.25, 0.3) is 5.91 Å². The molecule has 1 atom stereocenters. The van der Waals surface area contributed by atoms with Gasteiger partial charge in [-0.3, -0.25) is 14.6 Å². The van der Waals surface area contributed by atoms with Crippen molar-refractivity contribution in [2.45, 2.75) is 31.9 Å². The monoisotopic (exact) mass is 355 g/mol. The van der Waals surface area contributed by atoms with Crippen LogP contribution in [0.1, 0.15) is 40.7 Å². The molecule has 8 nitrogen and oxygen atoms in total. The van der Waals surface area contributed by atoms with Gasteiger partial charge in [-0.1, -0.05) is 0 Å². The van der Waals surface area contributed by atoms with Crippen LogP contribution in [0.5, 0.6) is 0 Å². The largest absolute Gasteiger partial charge is 0.460 e. The van der Waals surface area contributed by atoms with Gasteiger partial charge in [-0.15, -0.1) is 0 Å². The number of nitrogens with one attached hydrogen (secondary N) is 2. The summed E-state index contributed by atoms with van der Waals surface area (Å²) in [6.45, 7) is 1.86. The summed E-state index contributed by atoms with van der Waals surface area (Å²) in [7, 11) is 1.84. The summed E-state index contributed by atoms with van der Waals surface area (Å²) in [6, 6.07) is 5.16. The molecule has 1 amide bonds. The number of aromatic amines is 1. The molecule has 1 aliphatic rings. The van der Waals surface area contributed by atoms with Gasteiger partial charge in [0.15, 0.2) is 11.5 Å². The van der Waals surface area contributed by atoms with Crippen LogP contribution < -0.4 is 5.32 Å². The van der Waals surface area contributed by atoms with Crippen LogP contribution in [-0.4, -0.2) is 37.1 Å². The fourth-order valence-electron chi connectivity index (χ4n) is 3.33. The molecule has 3 heterocycles. The molecule has 26 heavy (non-hydrogen) atoms. The fraction of sp³-hybridized carbons (Fsp3) is 0.389. The maximum absolute atomic E-state index is 12.7. The zero-order valence-electron chi connectivity index (χ0n) is 14.6. The maximum atomic E-state index is 12.7. The number of carbonyl (C=O) groups excluding carboxylic acids is 1.